The number of hydrogen-bond acceptors (Lipinski definition) is 2. The first kappa shape index (κ1) is 7.00. The van der Waals surface area contributed by atoms with Gasteiger partial charge in [0.2, 0.25) is 0 Å². The van der Waals surface area contributed by atoms with Crippen LogP contribution >= 0.6 is 23.8 Å². The minimum Gasteiger partial charge on any atom is -0.301 e. The van der Waals surface area contributed by atoms with Crippen LogP contribution in [0, 0.1) is 11.6 Å². The van der Waals surface area contributed by atoms with Gasteiger partial charge in [-0.2, -0.15) is 0 Å². The van der Waals surface area contributed by atoms with Crippen molar-refractivity contribution in [3.05, 3.63) is 28.4 Å². The largest absolute Gasteiger partial charge is 0.301 e. The number of benzene rings is 1. The van der Waals surface area contributed by atoms with E-state index in [9.17, 15) is 0 Å². The Morgan fingerprint density at radius 2 is 2.27 bits per heavy atom. The number of rotatable bonds is 0. The number of fused-ring (bicyclic) bond motifs is 1. The summed E-state index contributed by atoms with van der Waals surface area (Å²) in [6.45, 7) is 2.09. The third-order valence-electron chi connectivity index (χ3n) is 1.64. The average Bonchev–Trinajstić information content (AvgIpc) is 2.32. The molecular formula is C8H7NS2. The van der Waals surface area contributed by atoms with E-state index in [1.165, 1.54) is 10.3 Å². The fraction of sp³-hybridized carbons (Fsp3) is 0.125. The van der Waals surface area contributed by atoms with Crippen molar-refractivity contribution in [1.29, 1.82) is 0 Å². The van der Waals surface area contributed by atoms with Crippen molar-refractivity contribution in [3.8, 4) is 0 Å². The summed E-state index contributed by atoms with van der Waals surface area (Å²) in [5, 5.41) is 1.16. The minimum atomic E-state index is 0.852. The Hall–Kier alpha value is -0.670. The van der Waals surface area contributed by atoms with Crippen LogP contribution in [-0.2, 0) is 0 Å². The van der Waals surface area contributed by atoms with Crippen LogP contribution in [0.5, 0.6) is 0 Å². The molecule has 0 amide bonds. The number of H-pyrrole nitrogens is 1. The first-order valence-corrected chi connectivity index (χ1v) is 4.58. The summed E-state index contributed by atoms with van der Waals surface area (Å²) in [6, 6.07) is 6.30. The van der Waals surface area contributed by atoms with E-state index < -0.39 is 0 Å². The van der Waals surface area contributed by atoms with Gasteiger partial charge >= 0.3 is 0 Å². The molecule has 0 aliphatic carbocycles. The van der Waals surface area contributed by atoms with Gasteiger partial charge in [0, 0.05) is 5.39 Å². The summed E-state index contributed by atoms with van der Waals surface area (Å²) >= 11 is 6.68. The topological polar surface area (TPSA) is 15.8 Å². The smallest absolute Gasteiger partial charge is 0.121 e. The molecule has 0 aliphatic rings. The van der Waals surface area contributed by atoms with Crippen molar-refractivity contribution in [2.75, 3.05) is 0 Å². The molecule has 0 unspecified atom stereocenters. The third-order valence-corrected chi connectivity index (χ3v) is 2.95. The zero-order valence-corrected chi connectivity index (χ0v) is 7.68. The summed E-state index contributed by atoms with van der Waals surface area (Å²) in [6.07, 6.45) is 0. The highest BCUT2D eigenvalue weighted by atomic mass is 32.1. The second-order valence-electron chi connectivity index (χ2n) is 2.53. The second-order valence-corrected chi connectivity index (χ2v) is 3.79. The van der Waals surface area contributed by atoms with Gasteiger partial charge in [-0.3, -0.25) is 0 Å². The van der Waals surface area contributed by atoms with E-state index in [1.807, 2.05) is 0 Å². The number of aryl methyl sites for hydroxylation is 1. The molecule has 0 fully saturated rings. The van der Waals surface area contributed by atoms with Gasteiger partial charge in [0.25, 0.3) is 0 Å². The zero-order valence-electron chi connectivity index (χ0n) is 6.05. The first-order chi connectivity index (χ1) is 5.27. The van der Waals surface area contributed by atoms with Crippen LogP contribution in [0.2, 0.25) is 0 Å². The van der Waals surface area contributed by atoms with Crippen molar-refractivity contribution < 1.29 is 0 Å². The van der Waals surface area contributed by atoms with Crippen LogP contribution in [0.4, 0.5) is 0 Å². The number of aromatic nitrogens is 1. The van der Waals surface area contributed by atoms with E-state index in [-0.39, 0.29) is 0 Å². The van der Waals surface area contributed by atoms with Crippen molar-refractivity contribution in [2.45, 2.75) is 6.92 Å². The Morgan fingerprint density at radius 1 is 1.45 bits per heavy atom. The van der Waals surface area contributed by atoms with Crippen LogP contribution in [0.3, 0.4) is 0 Å². The molecule has 0 spiro atoms. The Kier molecular flexibility index (Phi) is 1.55. The lowest BCUT2D eigenvalue weighted by molar-refractivity contribution is 1.51. The summed E-state index contributed by atoms with van der Waals surface area (Å²) in [7, 11) is 0. The molecule has 3 heteroatoms. The molecule has 1 aromatic heterocycles. The zero-order chi connectivity index (χ0) is 7.84. The highest BCUT2D eigenvalue weighted by molar-refractivity contribution is 7.71. The minimum absolute atomic E-state index is 0.852. The van der Waals surface area contributed by atoms with Crippen molar-refractivity contribution in [1.82, 2.24) is 4.37 Å². The molecule has 2 rings (SSSR count). The lowest BCUT2D eigenvalue weighted by Gasteiger charge is -1.89. The molecule has 1 heterocycles. The predicted molar refractivity (Wildman–Crippen MR) is 51.7 cm³/mol. The quantitative estimate of drug-likeness (QED) is 0.617. The molecule has 0 saturated heterocycles. The molecule has 0 aliphatic heterocycles. The first-order valence-electron chi connectivity index (χ1n) is 3.35. The molecule has 1 N–H and O–H groups in total. The van der Waals surface area contributed by atoms with E-state index in [2.05, 4.69) is 29.5 Å². The summed E-state index contributed by atoms with van der Waals surface area (Å²) in [5.74, 6) is 0. The Balaban J connectivity index is 2.97. The van der Waals surface area contributed by atoms with Crippen LogP contribution in [-0.4, -0.2) is 4.37 Å². The van der Waals surface area contributed by atoms with Gasteiger partial charge < -0.3 is 4.37 Å². The van der Waals surface area contributed by atoms with Crippen molar-refractivity contribution in [2.24, 2.45) is 0 Å². The number of aromatic amines is 1. The summed E-state index contributed by atoms with van der Waals surface area (Å²) in [5.41, 5.74) is 1.28. The molecule has 56 valence electrons. The van der Waals surface area contributed by atoms with E-state index in [0.29, 0.717) is 0 Å². The van der Waals surface area contributed by atoms with Crippen LogP contribution in [0.1, 0.15) is 5.56 Å². The maximum atomic E-state index is 5.09. The second kappa shape index (κ2) is 2.43. The fourth-order valence-corrected chi connectivity index (χ4v) is 2.26. The van der Waals surface area contributed by atoms with Gasteiger partial charge in [-0.15, -0.1) is 0 Å². The molecule has 1 aromatic carbocycles. The summed E-state index contributed by atoms with van der Waals surface area (Å²) < 4.78 is 5.16. The van der Waals surface area contributed by atoms with E-state index >= 15 is 0 Å². The molecule has 0 radical (unpaired) electrons. The Bertz CT molecular complexity index is 439. The molecular weight excluding hydrogens is 174 g/mol. The molecule has 1 nitrogen and oxygen atoms in total. The van der Waals surface area contributed by atoms with E-state index in [0.717, 1.165) is 10.0 Å². The lowest BCUT2D eigenvalue weighted by Crippen LogP contribution is -1.68. The SMILES string of the molecule is Cc1ccc2c(=S)[nH]sc2c1. The van der Waals surface area contributed by atoms with Crippen LogP contribution in [0.15, 0.2) is 18.2 Å². The number of nitrogens with one attached hydrogen (secondary N) is 1. The third kappa shape index (κ3) is 1.10. The van der Waals surface area contributed by atoms with E-state index in [1.54, 1.807) is 11.5 Å². The van der Waals surface area contributed by atoms with Crippen LogP contribution in [0.25, 0.3) is 10.1 Å². The average molecular weight is 181 g/mol. The predicted octanol–water partition coefficient (Wildman–Crippen LogP) is 3.27. The monoisotopic (exact) mass is 181 g/mol. The standard InChI is InChI=1S/C8H7NS2/c1-5-2-3-6-7(4-5)11-9-8(6)10/h2-4H,1H3,(H,9,10). The Morgan fingerprint density at radius 3 is 3.09 bits per heavy atom. The van der Waals surface area contributed by atoms with Gasteiger partial charge in [0.1, 0.15) is 4.64 Å². The van der Waals surface area contributed by atoms with Gasteiger partial charge in [0.05, 0.1) is 4.70 Å². The lowest BCUT2D eigenvalue weighted by atomic mass is 10.2. The molecule has 0 atom stereocenters. The number of hydrogen-bond donors (Lipinski definition) is 1. The normalized spacial score (nSPS) is 10.6. The Labute approximate surface area is 73.8 Å². The van der Waals surface area contributed by atoms with Gasteiger partial charge in [-0.1, -0.05) is 35.9 Å². The maximum Gasteiger partial charge on any atom is 0.121 e. The van der Waals surface area contributed by atoms with Gasteiger partial charge in [-0.25, -0.2) is 0 Å². The fourth-order valence-electron chi connectivity index (χ4n) is 1.06. The van der Waals surface area contributed by atoms with Crippen LogP contribution < -0.4 is 0 Å². The van der Waals surface area contributed by atoms with Crippen molar-refractivity contribution >= 4 is 33.8 Å². The highest BCUT2D eigenvalue weighted by Crippen LogP contribution is 2.20. The molecule has 11 heavy (non-hydrogen) atoms. The van der Waals surface area contributed by atoms with Gasteiger partial charge in [-0.05, 0) is 18.6 Å². The van der Waals surface area contributed by atoms with Gasteiger partial charge in [0.15, 0.2) is 0 Å². The van der Waals surface area contributed by atoms with Crippen molar-refractivity contribution in [3.63, 3.8) is 0 Å². The highest BCUT2D eigenvalue weighted by Gasteiger charge is 1.96. The molecule has 0 saturated carbocycles. The molecule has 2 aromatic rings. The summed E-state index contributed by atoms with van der Waals surface area (Å²) in [4.78, 5) is 0. The molecule has 0 bridgehead atoms. The maximum absolute atomic E-state index is 5.09. The van der Waals surface area contributed by atoms with E-state index in [4.69, 9.17) is 12.2 Å².